The Kier molecular flexibility index (Phi) is 3.49. The Balaban J connectivity index is 2.12. The third-order valence-corrected chi connectivity index (χ3v) is 2.95. The van der Waals surface area contributed by atoms with Crippen LogP contribution in [-0.4, -0.2) is 19.2 Å². The van der Waals surface area contributed by atoms with E-state index in [1.807, 2.05) is 18.2 Å². The van der Waals surface area contributed by atoms with Crippen LogP contribution in [0.4, 0.5) is 0 Å². The second-order valence-corrected chi connectivity index (χ2v) is 4.27. The third-order valence-electron chi connectivity index (χ3n) is 2.71. The molecule has 1 aromatic rings. The van der Waals surface area contributed by atoms with Crippen molar-refractivity contribution in [1.82, 2.24) is 5.32 Å². The molecule has 15 heavy (non-hydrogen) atoms. The van der Waals surface area contributed by atoms with Gasteiger partial charge in [0.2, 0.25) is 0 Å². The van der Waals surface area contributed by atoms with Crippen LogP contribution in [0.3, 0.4) is 0 Å². The quantitative estimate of drug-likeness (QED) is 0.854. The van der Waals surface area contributed by atoms with Crippen LogP contribution in [0.25, 0.3) is 0 Å². The highest BCUT2D eigenvalue weighted by atomic mass is 35.5. The summed E-state index contributed by atoms with van der Waals surface area (Å²) in [5, 5.41) is 4.07. The molecule has 1 atom stereocenters. The lowest BCUT2D eigenvalue weighted by Gasteiger charge is -2.15. The number of aryl methyl sites for hydroxylation is 1. The molecule has 1 aliphatic rings. The molecule has 0 bridgehead atoms. The molecule has 82 valence electrons. The zero-order valence-corrected chi connectivity index (χ0v) is 9.68. The maximum atomic E-state index is 5.94. The Labute approximate surface area is 95.6 Å². The molecular weight excluding hydrogens is 210 g/mol. The predicted molar refractivity (Wildman–Crippen MR) is 62.7 cm³/mol. The zero-order valence-electron chi connectivity index (χ0n) is 8.92. The maximum Gasteiger partial charge on any atom is 0.123 e. The van der Waals surface area contributed by atoms with E-state index in [-0.39, 0.29) is 0 Å². The number of rotatable bonds is 3. The van der Waals surface area contributed by atoms with Gasteiger partial charge in [-0.1, -0.05) is 18.5 Å². The molecule has 1 aliphatic heterocycles. The van der Waals surface area contributed by atoms with E-state index < -0.39 is 0 Å². The highest BCUT2D eigenvalue weighted by Crippen LogP contribution is 2.25. The first-order valence-electron chi connectivity index (χ1n) is 5.45. The average molecular weight is 226 g/mol. The number of nitrogens with one attached hydrogen (secondary N) is 1. The van der Waals surface area contributed by atoms with E-state index in [4.69, 9.17) is 16.3 Å². The second kappa shape index (κ2) is 4.86. The standard InChI is InChI=1S/C12H16ClNO/c1-2-9-7-10(13)3-4-12(9)15-11-5-6-14-8-11/h3-4,7,11,14H,2,5-6,8H2,1H3. The Hall–Kier alpha value is -0.730. The number of benzene rings is 1. The fourth-order valence-electron chi connectivity index (χ4n) is 1.85. The summed E-state index contributed by atoms with van der Waals surface area (Å²) < 4.78 is 5.93. The van der Waals surface area contributed by atoms with Crippen LogP contribution < -0.4 is 10.1 Å². The normalized spacial score (nSPS) is 20.5. The molecule has 1 saturated heterocycles. The summed E-state index contributed by atoms with van der Waals surface area (Å²) >= 11 is 5.94. The van der Waals surface area contributed by atoms with Gasteiger partial charge >= 0.3 is 0 Å². The van der Waals surface area contributed by atoms with E-state index in [1.165, 1.54) is 5.56 Å². The lowest BCUT2D eigenvalue weighted by atomic mass is 10.1. The van der Waals surface area contributed by atoms with Crippen LogP contribution in [-0.2, 0) is 6.42 Å². The minimum atomic E-state index is 0.316. The third kappa shape index (κ3) is 2.64. The van der Waals surface area contributed by atoms with Gasteiger partial charge in [-0.25, -0.2) is 0 Å². The van der Waals surface area contributed by atoms with Crippen molar-refractivity contribution >= 4 is 11.6 Å². The Morgan fingerprint density at radius 3 is 3.07 bits per heavy atom. The van der Waals surface area contributed by atoms with E-state index >= 15 is 0 Å². The first-order chi connectivity index (χ1) is 7.29. The van der Waals surface area contributed by atoms with Gasteiger partial charge in [0.05, 0.1) is 0 Å². The van der Waals surface area contributed by atoms with E-state index in [0.29, 0.717) is 6.10 Å². The number of hydrogen-bond donors (Lipinski definition) is 1. The zero-order chi connectivity index (χ0) is 10.7. The van der Waals surface area contributed by atoms with Crippen molar-refractivity contribution in [3.63, 3.8) is 0 Å². The number of halogens is 1. The molecule has 2 rings (SSSR count). The molecule has 0 aliphatic carbocycles. The average Bonchev–Trinajstić information content (AvgIpc) is 2.73. The van der Waals surface area contributed by atoms with Crippen molar-refractivity contribution in [2.24, 2.45) is 0 Å². The van der Waals surface area contributed by atoms with E-state index in [0.717, 1.165) is 36.7 Å². The van der Waals surface area contributed by atoms with Crippen molar-refractivity contribution in [2.45, 2.75) is 25.9 Å². The van der Waals surface area contributed by atoms with Crippen molar-refractivity contribution < 1.29 is 4.74 Å². The highest BCUT2D eigenvalue weighted by molar-refractivity contribution is 6.30. The Bertz CT molecular complexity index is 334. The molecular formula is C12H16ClNO. The van der Waals surface area contributed by atoms with Gasteiger partial charge in [-0.3, -0.25) is 0 Å². The molecule has 2 nitrogen and oxygen atoms in total. The minimum absolute atomic E-state index is 0.316. The molecule has 1 aromatic carbocycles. The van der Waals surface area contributed by atoms with Gasteiger partial charge in [-0.05, 0) is 43.1 Å². The van der Waals surface area contributed by atoms with Gasteiger partial charge in [0.1, 0.15) is 11.9 Å². The Morgan fingerprint density at radius 2 is 2.40 bits per heavy atom. The van der Waals surface area contributed by atoms with Crippen molar-refractivity contribution in [3.8, 4) is 5.75 Å². The smallest absolute Gasteiger partial charge is 0.123 e. The molecule has 1 N–H and O–H groups in total. The van der Waals surface area contributed by atoms with E-state index in [9.17, 15) is 0 Å². The largest absolute Gasteiger partial charge is 0.489 e. The fourth-order valence-corrected chi connectivity index (χ4v) is 2.04. The van der Waals surface area contributed by atoms with Crippen LogP contribution in [0.1, 0.15) is 18.9 Å². The predicted octanol–water partition coefficient (Wildman–Crippen LogP) is 2.64. The SMILES string of the molecule is CCc1cc(Cl)ccc1OC1CCNC1. The van der Waals surface area contributed by atoms with Crippen molar-refractivity contribution in [2.75, 3.05) is 13.1 Å². The molecule has 3 heteroatoms. The van der Waals surface area contributed by atoms with Gasteiger partial charge in [0.15, 0.2) is 0 Å². The van der Waals surface area contributed by atoms with Crippen LogP contribution in [0, 0.1) is 0 Å². The summed E-state index contributed by atoms with van der Waals surface area (Å²) in [6, 6.07) is 5.84. The van der Waals surface area contributed by atoms with Gasteiger partial charge in [0.25, 0.3) is 0 Å². The van der Waals surface area contributed by atoms with E-state index in [1.54, 1.807) is 0 Å². The molecule has 1 heterocycles. The maximum absolute atomic E-state index is 5.94. The van der Waals surface area contributed by atoms with Gasteiger partial charge < -0.3 is 10.1 Å². The molecule has 0 saturated carbocycles. The Morgan fingerprint density at radius 1 is 1.53 bits per heavy atom. The van der Waals surface area contributed by atoms with Crippen LogP contribution >= 0.6 is 11.6 Å². The second-order valence-electron chi connectivity index (χ2n) is 3.84. The van der Waals surface area contributed by atoms with Crippen LogP contribution in [0.15, 0.2) is 18.2 Å². The lowest BCUT2D eigenvalue weighted by molar-refractivity contribution is 0.221. The summed E-state index contributed by atoms with van der Waals surface area (Å²) in [6.45, 7) is 4.12. The van der Waals surface area contributed by atoms with Gasteiger partial charge in [-0.2, -0.15) is 0 Å². The summed E-state index contributed by atoms with van der Waals surface area (Å²) in [5.41, 5.74) is 1.19. The van der Waals surface area contributed by atoms with Crippen LogP contribution in [0.5, 0.6) is 5.75 Å². The first kappa shape index (κ1) is 10.8. The fraction of sp³-hybridized carbons (Fsp3) is 0.500. The first-order valence-corrected chi connectivity index (χ1v) is 5.83. The molecule has 0 spiro atoms. The van der Waals surface area contributed by atoms with Crippen molar-refractivity contribution in [1.29, 1.82) is 0 Å². The highest BCUT2D eigenvalue weighted by Gasteiger charge is 2.16. The topological polar surface area (TPSA) is 21.3 Å². The number of hydrogen-bond acceptors (Lipinski definition) is 2. The summed E-state index contributed by atoms with van der Waals surface area (Å²) in [4.78, 5) is 0. The minimum Gasteiger partial charge on any atom is -0.489 e. The summed E-state index contributed by atoms with van der Waals surface area (Å²) in [5.74, 6) is 0.982. The van der Waals surface area contributed by atoms with Crippen LogP contribution in [0.2, 0.25) is 5.02 Å². The van der Waals surface area contributed by atoms with Crippen molar-refractivity contribution in [3.05, 3.63) is 28.8 Å². The molecule has 0 radical (unpaired) electrons. The lowest BCUT2D eigenvalue weighted by Crippen LogP contribution is -2.20. The summed E-state index contributed by atoms with van der Waals surface area (Å²) in [7, 11) is 0. The van der Waals surface area contributed by atoms with Gasteiger partial charge in [0, 0.05) is 11.6 Å². The molecule has 0 aromatic heterocycles. The molecule has 1 fully saturated rings. The number of ether oxygens (including phenoxy) is 1. The van der Waals surface area contributed by atoms with E-state index in [2.05, 4.69) is 12.2 Å². The molecule has 0 amide bonds. The van der Waals surface area contributed by atoms with Gasteiger partial charge in [-0.15, -0.1) is 0 Å². The summed E-state index contributed by atoms with van der Waals surface area (Å²) in [6.07, 6.45) is 2.36. The monoisotopic (exact) mass is 225 g/mol. The molecule has 1 unspecified atom stereocenters.